The van der Waals surface area contributed by atoms with Crippen LogP contribution in [0.4, 0.5) is 0 Å². The Morgan fingerprint density at radius 3 is 2.87 bits per heavy atom. The summed E-state index contributed by atoms with van der Waals surface area (Å²) >= 11 is 0. The maximum Gasteiger partial charge on any atom is 0.274 e. The molecule has 3 heterocycles. The molecule has 1 saturated heterocycles. The summed E-state index contributed by atoms with van der Waals surface area (Å²) in [5.41, 5.74) is 4.31. The SMILES string of the molecule is CCCn1nc(C(=O)N2CCCCC2)c2c1CC[C@@H](NCc1ccc3c(c1)OCO3)C2. The fraction of sp³-hybridized carbons (Fsp3) is 0.583. The van der Waals surface area contributed by atoms with Crippen LogP contribution in [-0.4, -0.2) is 46.5 Å². The minimum atomic E-state index is 0.127. The van der Waals surface area contributed by atoms with Gasteiger partial charge in [0, 0.05) is 43.5 Å². The molecule has 2 aliphatic heterocycles. The minimum Gasteiger partial charge on any atom is -0.454 e. The molecule has 3 aliphatic rings. The van der Waals surface area contributed by atoms with Gasteiger partial charge in [0.25, 0.3) is 5.91 Å². The molecule has 0 spiro atoms. The molecule has 31 heavy (non-hydrogen) atoms. The summed E-state index contributed by atoms with van der Waals surface area (Å²) in [7, 11) is 0. The number of aromatic nitrogens is 2. The largest absolute Gasteiger partial charge is 0.454 e. The van der Waals surface area contributed by atoms with Crippen LogP contribution in [0, 0.1) is 0 Å². The number of fused-ring (bicyclic) bond motifs is 2. The van der Waals surface area contributed by atoms with Gasteiger partial charge in [-0.3, -0.25) is 9.48 Å². The summed E-state index contributed by atoms with van der Waals surface area (Å²) in [4.78, 5) is 15.3. The first-order chi connectivity index (χ1) is 15.2. The first-order valence-electron chi connectivity index (χ1n) is 11.7. The number of ether oxygens (including phenoxy) is 2. The van der Waals surface area contributed by atoms with E-state index >= 15 is 0 Å². The number of aryl methyl sites for hydroxylation is 1. The maximum atomic E-state index is 13.3. The van der Waals surface area contributed by atoms with Crippen molar-refractivity contribution >= 4 is 5.91 Å². The fourth-order valence-corrected chi connectivity index (χ4v) is 4.99. The van der Waals surface area contributed by atoms with Gasteiger partial charge in [-0.1, -0.05) is 13.0 Å². The molecule has 166 valence electrons. The second kappa shape index (κ2) is 8.91. The molecule has 2 aromatic rings. The van der Waals surface area contributed by atoms with Crippen molar-refractivity contribution in [2.75, 3.05) is 19.9 Å². The van der Waals surface area contributed by atoms with Crippen LogP contribution >= 0.6 is 0 Å². The summed E-state index contributed by atoms with van der Waals surface area (Å²) in [6.07, 6.45) is 7.33. The Balaban J connectivity index is 1.31. The average Bonchev–Trinajstić information content (AvgIpc) is 3.42. The van der Waals surface area contributed by atoms with Crippen molar-refractivity contribution in [2.24, 2.45) is 0 Å². The van der Waals surface area contributed by atoms with Gasteiger partial charge in [0.15, 0.2) is 17.2 Å². The van der Waals surface area contributed by atoms with Gasteiger partial charge < -0.3 is 19.7 Å². The maximum absolute atomic E-state index is 13.3. The van der Waals surface area contributed by atoms with E-state index in [0.717, 1.165) is 76.2 Å². The van der Waals surface area contributed by atoms with Gasteiger partial charge in [0.05, 0.1) is 0 Å². The summed E-state index contributed by atoms with van der Waals surface area (Å²) in [6, 6.07) is 6.45. The van der Waals surface area contributed by atoms with Gasteiger partial charge >= 0.3 is 0 Å². The molecule has 7 heteroatoms. The highest BCUT2D eigenvalue weighted by Gasteiger charge is 2.31. The lowest BCUT2D eigenvalue weighted by molar-refractivity contribution is 0.0716. The third-order valence-corrected chi connectivity index (χ3v) is 6.66. The van der Waals surface area contributed by atoms with Crippen LogP contribution in [0.1, 0.15) is 66.3 Å². The van der Waals surface area contributed by atoms with Crippen LogP contribution in [0.25, 0.3) is 0 Å². The van der Waals surface area contributed by atoms with Gasteiger partial charge in [0.1, 0.15) is 0 Å². The lowest BCUT2D eigenvalue weighted by Crippen LogP contribution is -2.38. The molecule has 0 radical (unpaired) electrons. The van der Waals surface area contributed by atoms with Crippen LogP contribution < -0.4 is 14.8 Å². The van der Waals surface area contributed by atoms with Crippen LogP contribution in [0.3, 0.4) is 0 Å². The molecule has 1 atom stereocenters. The first-order valence-corrected chi connectivity index (χ1v) is 11.7. The Hall–Kier alpha value is -2.54. The van der Waals surface area contributed by atoms with Gasteiger partial charge in [-0.15, -0.1) is 0 Å². The van der Waals surface area contributed by atoms with Gasteiger partial charge in [0.2, 0.25) is 6.79 Å². The van der Waals surface area contributed by atoms with Crippen LogP contribution in [-0.2, 0) is 25.9 Å². The Bertz CT molecular complexity index is 949. The van der Waals surface area contributed by atoms with Crippen LogP contribution in [0.15, 0.2) is 18.2 Å². The van der Waals surface area contributed by atoms with Gasteiger partial charge in [-0.25, -0.2) is 0 Å². The predicted molar refractivity (Wildman–Crippen MR) is 117 cm³/mol. The number of rotatable bonds is 6. The first kappa shape index (κ1) is 20.4. The van der Waals surface area contributed by atoms with E-state index in [4.69, 9.17) is 14.6 Å². The van der Waals surface area contributed by atoms with Gasteiger partial charge in [-0.05, 0) is 62.6 Å². The predicted octanol–water partition coefficient (Wildman–Crippen LogP) is 3.30. The molecule has 1 fully saturated rings. The standard InChI is InChI=1S/C24H32N4O3/c1-2-10-28-20-8-7-18(25-15-17-6-9-21-22(13-17)31-16-30-21)14-19(20)23(26-28)24(29)27-11-4-3-5-12-27/h6,9,13,18,25H,2-5,7-8,10-12,14-16H2,1H3/t18-/m1/s1. The smallest absolute Gasteiger partial charge is 0.274 e. The second-order valence-corrected chi connectivity index (χ2v) is 8.86. The third kappa shape index (κ3) is 4.15. The Morgan fingerprint density at radius 1 is 1.19 bits per heavy atom. The number of hydrogen-bond donors (Lipinski definition) is 1. The summed E-state index contributed by atoms with van der Waals surface area (Å²) < 4.78 is 13.0. The number of benzene rings is 1. The minimum absolute atomic E-state index is 0.127. The van der Waals surface area contributed by atoms with E-state index in [2.05, 4.69) is 23.0 Å². The molecule has 1 aromatic carbocycles. The van der Waals surface area contributed by atoms with E-state index in [-0.39, 0.29) is 5.91 Å². The van der Waals surface area contributed by atoms with Crippen molar-refractivity contribution in [3.05, 3.63) is 40.7 Å². The molecular formula is C24H32N4O3. The monoisotopic (exact) mass is 424 g/mol. The van der Waals surface area contributed by atoms with E-state index in [1.54, 1.807) is 0 Å². The van der Waals surface area contributed by atoms with Crippen molar-refractivity contribution in [2.45, 2.75) is 71.0 Å². The topological polar surface area (TPSA) is 68.6 Å². The summed E-state index contributed by atoms with van der Waals surface area (Å²) in [6.45, 7) is 5.84. The van der Waals surface area contributed by atoms with Crippen molar-refractivity contribution in [1.29, 1.82) is 0 Å². The highest BCUT2D eigenvalue weighted by molar-refractivity contribution is 5.94. The molecular weight excluding hydrogens is 392 g/mol. The Morgan fingerprint density at radius 2 is 2.03 bits per heavy atom. The number of carbonyl (C=O) groups excluding carboxylic acids is 1. The van der Waals surface area contributed by atoms with Crippen molar-refractivity contribution < 1.29 is 14.3 Å². The quantitative estimate of drug-likeness (QED) is 0.771. The Labute approximate surface area is 183 Å². The molecule has 1 amide bonds. The van der Waals surface area contributed by atoms with E-state index in [1.807, 2.05) is 17.0 Å². The average molecular weight is 425 g/mol. The molecule has 1 N–H and O–H groups in total. The highest BCUT2D eigenvalue weighted by atomic mass is 16.7. The van der Waals surface area contributed by atoms with Crippen molar-refractivity contribution in [1.82, 2.24) is 20.0 Å². The van der Waals surface area contributed by atoms with Crippen molar-refractivity contribution in [3.8, 4) is 11.5 Å². The van der Waals surface area contributed by atoms with Crippen LogP contribution in [0.2, 0.25) is 0 Å². The van der Waals surface area contributed by atoms with Gasteiger partial charge in [-0.2, -0.15) is 5.10 Å². The number of piperidine rings is 1. The number of likely N-dealkylation sites (tertiary alicyclic amines) is 1. The molecule has 5 rings (SSSR count). The second-order valence-electron chi connectivity index (χ2n) is 8.86. The van der Waals surface area contributed by atoms with E-state index < -0.39 is 0 Å². The molecule has 1 aliphatic carbocycles. The normalized spacial score (nSPS) is 20.0. The van der Waals surface area contributed by atoms with E-state index in [0.29, 0.717) is 18.5 Å². The zero-order valence-electron chi connectivity index (χ0n) is 18.4. The lowest BCUT2D eigenvalue weighted by atomic mass is 9.90. The number of nitrogens with zero attached hydrogens (tertiary/aromatic N) is 3. The van der Waals surface area contributed by atoms with E-state index in [1.165, 1.54) is 23.2 Å². The van der Waals surface area contributed by atoms with Crippen molar-refractivity contribution in [3.63, 3.8) is 0 Å². The van der Waals surface area contributed by atoms with E-state index in [9.17, 15) is 4.79 Å². The zero-order valence-corrected chi connectivity index (χ0v) is 18.4. The number of hydrogen-bond acceptors (Lipinski definition) is 5. The highest BCUT2D eigenvalue weighted by Crippen LogP contribution is 2.33. The molecule has 0 saturated carbocycles. The number of nitrogens with one attached hydrogen (secondary N) is 1. The molecule has 0 unspecified atom stereocenters. The number of amides is 1. The number of carbonyl (C=O) groups is 1. The Kier molecular flexibility index (Phi) is 5.85. The molecule has 7 nitrogen and oxygen atoms in total. The molecule has 0 bridgehead atoms. The third-order valence-electron chi connectivity index (χ3n) is 6.66. The summed E-state index contributed by atoms with van der Waals surface area (Å²) in [5, 5.41) is 8.51. The molecule has 1 aromatic heterocycles. The lowest BCUT2D eigenvalue weighted by Gasteiger charge is -2.28. The fourth-order valence-electron chi connectivity index (χ4n) is 4.99. The zero-order chi connectivity index (χ0) is 21.2. The van der Waals surface area contributed by atoms with Crippen LogP contribution in [0.5, 0.6) is 11.5 Å². The summed E-state index contributed by atoms with van der Waals surface area (Å²) in [5.74, 6) is 1.76.